The molecule has 3 aromatic rings. The van der Waals surface area contributed by atoms with E-state index in [9.17, 15) is 8.42 Å². The number of unbranched alkanes of at least 4 members (excludes halogenated alkanes) is 2. The number of rotatable bonds is 6. The van der Waals surface area contributed by atoms with Crippen LogP contribution in [0, 0.1) is 13.8 Å². The summed E-state index contributed by atoms with van der Waals surface area (Å²) < 4.78 is 29.0. The second-order valence-corrected chi connectivity index (χ2v) is 12.6. The van der Waals surface area contributed by atoms with E-state index in [0.29, 0.717) is 19.0 Å². The Kier molecular flexibility index (Phi) is 8.98. The van der Waals surface area contributed by atoms with Crippen molar-refractivity contribution in [2.45, 2.75) is 72.3 Å². The highest BCUT2D eigenvalue weighted by Gasteiger charge is 2.34. The molecule has 0 bridgehead atoms. The Morgan fingerprint density at radius 2 is 1.68 bits per heavy atom. The summed E-state index contributed by atoms with van der Waals surface area (Å²) >= 11 is 0. The minimum absolute atomic E-state index is 0.435. The monoisotopic (exact) mass is 524 g/mol. The molecule has 2 aliphatic heterocycles. The molecule has 37 heavy (non-hydrogen) atoms. The van der Waals surface area contributed by atoms with Crippen molar-refractivity contribution in [2.75, 3.05) is 37.5 Å². The first kappa shape index (κ1) is 27.7. The third-order valence-corrected chi connectivity index (χ3v) is 9.95. The fourth-order valence-corrected chi connectivity index (χ4v) is 6.98. The Balaban J connectivity index is 0.000000586. The molecule has 0 atom stereocenters. The van der Waals surface area contributed by atoms with E-state index in [0.717, 1.165) is 43.7 Å². The lowest BCUT2D eigenvalue weighted by molar-refractivity contribution is 0.218. The summed E-state index contributed by atoms with van der Waals surface area (Å²) in [6.07, 6.45) is 8.48. The third kappa shape index (κ3) is 5.89. The molecule has 202 valence electrons. The fraction of sp³-hybridized carbons (Fsp3) is 0.533. The molecular formula is C30H44N4O2S. The Labute approximate surface area is 223 Å². The summed E-state index contributed by atoms with van der Waals surface area (Å²) in [5, 5.41) is 1.35. The zero-order valence-electron chi connectivity index (χ0n) is 23.3. The van der Waals surface area contributed by atoms with Gasteiger partial charge in [-0.25, -0.2) is 0 Å². The van der Waals surface area contributed by atoms with E-state index in [2.05, 4.69) is 55.9 Å². The first-order chi connectivity index (χ1) is 17.8. The number of aromatic amines is 1. The number of fused-ring (bicyclic) bond motifs is 2. The lowest BCUT2D eigenvalue weighted by Gasteiger charge is -2.38. The van der Waals surface area contributed by atoms with E-state index in [4.69, 9.17) is 0 Å². The highest BCUT2D eigenvalue weighted by atomic mass is 32.2. The van der Waals surface area contributed by atoms with Crippen molar-refractivity contribution < 1.29 is 8.42 Å². The molecule has 0 radical (unpaired) electrons. The van der Waals surface area contributed by atoms with Crippen LogP contribution < -0.4 is 4.31 Å². The van der Waals surface area contributed by atoms with Gasteiger partial charge in [-0.15, -0.1) is 0 Å². The fourth-order valence-electron chi connectivity index (χ4n) is 5.60. The van der Waals surface area contributed by atoms with Gasteiger partial charge in [0.15, 0.2) is 0 Å². The number of benzene rings is 2. The van der Waals surface area contributed by atoms with Gasteiger partial charge < -0.3 is 9.88 Å². The van der Waals surface area contributed by atoms with Gasteiger partial charge in [0.05, 0.1) is 5.69 Å². The summed E-state index contributed by atoms with van der Waals surface area (Å²) in [5.41, 5.74) is 7.23. The van der Waals surface area contributed by atoms with E-state index in [1.54, 1.807) is 11.4 Å². The molecule has 1 aromatic heterocycles. The average Bonchev–Trinajstić information content (AvgIpc) is 3.33. The number of nitrogens with one attached hydrogen (secondary N) is 1. The molecule has 1 saturated heterocycles. The summed E-state index contributed by atoms with van der Waals surface area (Å²) in [4.78, 5) is 5.92. The molecule has 0 spiro atoms. The van der Waals surface area contributed by atoms with Crippen molar-refractivity contribution in [2.24, 2.45) is 0 Å². The Morgan fingerprint density at radius 3 is 2.35 bits per heavy atom. The second kappa shape index (κ2) is 12.0. The maximum atomic E-state index is 13.0. The molecule has 1 N–H and O–H groups in total. The number of likely N-dealkylation sites (tertiary alicyclic amines) is 1. The van der Waals surface area contributed by atoms with Crippen molar-refractivity contribution >= 4 is 26.8 Å². The first-order valence-electron chi connectivity index (χ1n) is 13.9. The molecule has 0 unspecified atom stereocenters. The predicted octanol–water partition coefficient (Wildman–Crippen LogP) is 6.36. The molecule has 2 aliphatic rings. The van der Waals surface area contributed by atoms with E-state index in [1.165, 1.54) is 51.2 Å². The maximum absolute atomic E-state index is 13.0. The number of nitrogens with zero attached hydrogens (tertiary/aromatic N) is 3. The zero-order valence-corrected chi connectivity index (χ0v) is 24.1. The van der Waals surface area contributed by atoms with E-state index in [1.807, 2.05) is 24.3 Å². The largest absolute Gasteiger partial charge is 0.361 e. The minimum Gasteiger partial charge on any atom is -0.361 e. The summed E-state index contributed by atoms with van der Waals surface area (Å²) in [7, 11) is -1.80. The highest BCUT2D eigenvalue weighted by Crippen LogP contribution is 2.35. The Bertz CT molecular complexity index is 1290. The van der Waals surface area contributed by atoms with Gasteiger partial charge in [-0.2, -0.15) is 12.7 Å². The smallest absolute Gasteiger partial charge is 0.304 e. The van der Waals surface area contributed by atoms with Crippen LogP contribution in [0.4, 0.5) is 5.69 Å². The van der Waals surface area contributed by atoms with E-state index >= 15 is 0 Å². The van der Waals surface area contributed by atoms with Gasteiger partial charge in [0.25, 0.3) is 0 Å². The number of hydrogen-bond donors (Lipinski definition) is 1. The van der Waals surface area contributed by atoms with Gasteiger partial charge in [-0.05, 0) is 74.0 Å². The molecule has 0 aliphatic carbocycles. The van der Waals surface area contributed by atoms with Crippen LogP contribution in [0.5, 0.6) is 0 Å². The van der Waals surface area contributed by atoms with Crippen LogP contribution >= 0.6 is 0 Å². The maximum Gasteiger partial charge on any atom is 0.304 e. The molecule has 0 amide bonds. The van der Waals surface area contributed by atoms with Crippen molar-refractivity contribution in [1.29, 1.82) is 0 Å². The normalized spacial score (nSPS) is 18.5. The summed E-state index contributed by atoms with van der Waals surface area (Å²) in [6.45, 7) is 12.4. The number of aromatic nitrogens is 1. The van der Waals surface area contributed by atoms with Crippen molar-refractivity contribution in [3.63, 3.8) is 0 Å². The lowest BCUT2D eigenvalue weighted by atomic mass is 9.88. The summed E-state index contributed by atoms with van der Waals surface area (Å²) in [5.74, 6) is 0.549. The average molecular weight is 525 g/mol. The van der Waals surface area contributed by atoms with Gasteiger partial charge in [0.2, 0.25) is 0 Å². The molecule has 7 heteroatoms. The molecule has 0 saturated carbocycles. The van der Waals surface area contributed by atoms with Gasteiger partial charge in [0, 0.05) is 43.8 Å². The number of para-hydroxylation sites is 1. The molecule has 3 heterocycles. The second-order valence-electron chi connectivity index (χ2n) is 10.6. The predicted molar refractivity (Wildman–Crippen MR) is 156 cm³/mol. The topological polar surface area (TPSA) is 59.6 Å². The number of H-pyrrole nitrogens is 1. The van der Waals surface area contributed by atoms with Crippen LogP contribution in [0.2, 0.25) is 0 Å². The summed E-state index contributed by atoms with van der Waals surface area (Å²) in [6, 6.07) is 12.3. The van der Waals surface area contributed by atoms with Crippen LogP contribution in [-0.2, 0) is 16.8 Å². The van der Waals surface area contributed by atoms with Crippen molar-refractivity contribution in [1.82, 2.24) is 14.2 Å². The number of piperidine rings is 1. The van der Waals surface area contributed by atoms with Crippen molar-refractivity contribution in [3.05, 3.63) is 64.8 Å². The van der Waals surface area contributed by atoms with Gasteiger partial charge in [-0.1, -0.05) is 63.4 Å². The van der Waals surface area contributed by atoms with Gasteiger partial charge in [0.1, 0.15) is 0 Å². The zero-order chi connectivity index (χ0) is 26.6. The van der Waals surface area contributed by atoms with E-state index < -0.39 is 10.2 Å². The van der Waals surface area contributed by atoms with Crippen LogP contribution in [0.25, 0.3) is 10.9 Å². The quantitative estimate of drug-likeness (QED) is 0.408. The highest BCUT2D eigenvalue weighted by molar-refractivity contribution is 7.90. The third-order valence-electron chi connectivity index (χ3n) is 8.10. The molecule has 2 aromatic carbocycles. The van der Waals surface area contributed by atoms with Crippen LogP contribution in [0.1, 0.15) is 74.1 Å². The van der Waals surface area contributed by atoms with Crippen LogP contribution in [0.3, 0.4) is 0 Å². The number of anilines is 1. The molecule has 1 fully saturated rings. The van der Waals surface area contributed by atoms with Gasteiger partial charge >= 0.3 is 10.2 Å². The standard InChI is InChI=1S/C25H32N4O2S.C5H12/c1-18-8-9-22-23(16-26-25(22)19(18)2)20-10-12-28(13-11-20)14-15-29-24-7-5-4-6-21(24)17-27(3)32(29,30)31;1-3-5-4-2/h4-9,16,20,26H,10-15,17H2,1-3H3;3-5H2,1-2H3. The minimum atomic E-state index is -3.46. The SMILES string of the molecule is CCCCC.Cc1ccc2c(C3CCN(CCN4c5ccccc5CN(C)S4(=O)=O)CC3)c[nH]c2c1C. The van der Waals surface area contributed by atoms with Crippen LogP contribution in [0.15, 0.2) is 42.6 Å². The van der Waals surface area contributed by atoms with Crippen LogP contribution in [-0.4, -0.2) is 55.8 Å². The van der Waals surface area contributed by atoms with E-state index in [-0.39, 0.29) is 0 Å². The number of aryl methyl sites for hydroxylation is 2. The lowest BCUT2D eigenvalue weighted by Crippen LogP contribution is -2.49. The number of hydrogen-bond acceptors (Lipinski definition) is 3. The first-order valence-corrected chi connectivity index (χ1v) is 15.3. The molecular weight excluding hydrogens is 480 g/mol. The Morgan fingerprint density at radius 1 is 0.973 bits per heavy atom. The van der Waals surface area contributed by atoms with Crippen molar-refractivity contribution in [3.8, 4) is 0 Å². The molecule has 6 nitrogen and oxygen atoms in total. The Hall–Kier alpha value is -2.35. The van der Waals surface area contributed by atoms with Gasteiger partial charge in [-0.3, -0.25) is 4.31 Å². The molecule has 5 rings (SSSR count).